The molecule has 2 unspecified atom stereocenters. The molecule has 1 aromatic rings. The molecule has 0 bridgehead atoms. The quantitative estimate of drug-likeness (QED) is 0.807. The molecule has 0 aromatic carbocycles. The molecule has 0 amide bonds. The lowest BCUT2D eigenvalue weighted by molar-refractivity contribution is 0.181. The number of hydrogen-bond donors (Lipinski definition) is 1. The van der Waals surface area contributed by atoms with Gasteiger partial charge in [-0.2, -0.15) is 0 Å². The second kappa shape index (κ2) is 5.75. The summed E-state index contributed by atoms with van der Waals surface area (Å²) in [6.45, 7) is 9.48. The summed E-state index contributed by atoms with van der Waals surface area (Å²) in [4.78, 5) is 1.49. The SMILES string of the molecule is CC(C)C(NC1CCCC(C)(C)C1)c1cccs1. The number of rotatable bonds is 4. The van der Waals surface area contributed by atoms with E-state index in [1.54, 1.807) is 0 Å². The Morgan fingerprint density at radius 2 is 2.17 bits per heavy atom. The number of thiophene rings is 1. The van der Waals surface area contributed by atoms with Crippen molar-refractivity contribution in [1.29, 1.82) is 0 Å². The Morgan fingerprint density at radius 1 is 1.39 bits per heavy atom. The maximum absolute atomic E-state index is 3.92. The van der Waals surface area contributed by atoms with Crippen molar-refractivity contribution in [1.82, 2.24) is 5.32 Å². The first-order chi connectivity index (χ1) is 8.48. The summed E-state index contributed by atoms with van der Waals surface area (Å²) in [6.07, 6.45) is 5.43. The molecule has 0 saturated heterocycles. The van der Waals surface area contributed by atoms with Gasteiger partial charge >= 0.3 is 0 Å². The van der Waals surface area contributed by atoms with Gasteiger partial charge < -0.3 is 5.32 Å². The summed E-state index contributed by atoms with van der Waals surface area (Å²) in [5.41, 5.74) is 0.521. The molecule has 0 radical (unpaired) electrons. The minimum Gasteiger partial charge on any atom is -0.306 e. The van der Waals surface area contributed by atoms with Gasteiger partial charge in [0.1, 0.15) is 0 Å². The lowest BCUT2D eigenvalue weighted by atomic mass is 9.75. The lowest BCUT2D eigenvalue weighted by Gasteiger charge is -2.38. The van der Waals surface area contributed by atoms with E-state index in [-0.39, 0.29) is 0 Å². The minimum atomic E-state index is 0.521. The van der Waals surface area contributed by atoms with Crippen molar-refractivity contribution in [2.75, 3.05) is 0 Å². The number of nitrogens with one attached hydrogen (secondary N) is 1. The van der Waals surface area contributed by atoms with Crippen LogP contribution in [0.15, 0.2) is 17.5 Å². The van der Waals surface area contributed by atoms with Gasteiger partial charge in [0.2, 0.25) is 0 Å². The fourth-order valence-electron chi connectivity index (χ4n) is 3.17. The predicted octanol–water partition coefficient (Wildman–Crippen LogP) is 5.00. The smallest absolute Gasteiger partial charge is 0.0440 e. The first-order valence-electron chi connectivity index (χ1n) is 7.27. The number of hydrogen-bond acceptors (Lipinski definition) is 2. The van der Waals surface area contributed by atoms with Gasteiger partial charge in [-0.1, -0.05) is 40.2 Å². The molecule has 0 spiro atoms. The Hall–Kier alpha value is -0.340. The summed E-state index contributed by atoms with van der Waals surface area (Å²) in [7, 11) is 0. The van der Waals surface area contributed by atoms with Crippen LogP contribution in [0.25, 0.3) is 0 Å². The zero-order valence-electron chi connectivity index (χ0n) is 12.2. The van der Waals surface area contributed by atoms with E-state index < -0.39 is 0 Å². The van der Waals surface area contributed by atoms with Crippen LogP contribution in [0, 0.1) is 11.3 Å². The summed E-state index contributed by atoms with van der Waals surface area (Å²) in [5, 5.41) is 6.12. The zero-order chi connectivity index (χ0) is 13.2. The van der Waals surface area contributed by atoms with Crippen molar-refractivity contribution in [3.05, 3.63) is 22.4 Å². The van der Waals surface area contributed by atoms with E-state index in [1.165, 1.54) is 30.6 Å². The van der Waals surface area contributed by atoms with Crippen molar-refractivity contribution >= 4 is 11.3 Å². The maximum atomic E-state index is 3.92. The second-order valence-electron chi connectivity index (χ2n) is 6.86. The minimum absolute atomic E-state index is 0.521. The van der Waals surface area contributed by atoms with Gasteiger partial charge in [0.25, 0.3) is 0 Å². The highest BCUT2D eigenvalue weighted by Gasteiger charge is 2.30. The average molecular weight is 265 g/mol. The molecule has 2 atom stereocenters. The molecule has 102 valence electrons. The van der Waals surface area contributed by atoms with Crippen molar-refractivity contribution < 1.29 is 0 Å². The van der Waals surface area contributed by atoms with E-state index in [1.807, 2.05) is 11.3 Å². The van der Waals surface area contributed by atoms with E-state index in [0.29, 0.717) is 23.4 Å². The van der Waals surface area contributed by atoms with Gasteiger partial charge in [-0.3, -0.25) is 0 Å². The molecule has 2 heteroatoms. The Bertz CT molecular complexity index is 353. The summed E-state index contributed by atoms with van der Waals surface area (Å²) in [5.74, 6) is 0.661. The molecule has 1 aromatic heterocycles. The normalized spacial score (nSPS) is 25.3. The fourth-order valence-corrected chi connectivity index (χ4v) is 4.12. The lowest BCUT2D eigenvalue weighted by Crippen LogP contribution is -2.40. The van der Waals surface area contributed by atoms with E-state index in [4.69, 9.17) is 0 Å². The molecule has 18 heavy (non-hydrogen) atoms. The van der Waals surface area contributed by atoms with Crippen molar-refractivity contribution in [2.24, 2.45) is 11.3 Å². The monoisotopic (exact) mass is 265 g/mol. The van der Waals surface area contributed by atoms with Gasteiger partial charge in [0.15, 0.2) is 0 Å². The first-order valence-corrected chi connectivity index (χ1v) is 8.15. The standard InChI is InChI=1S/C16H27NS/c1-12(2)15(14-8-6-10-18-14)17-13-7-5-9-16(3,4)11-13/h6,8,10,12-13,15,17H,5,7,9,11H2,1-4H3. The Labute approximate surface area is 116 Å². The summed E-state index contributed by atoms with van der Waals surface area (Å²) >= 11 is 1.89. The average Bonchev–Trinajstić information content (AvgIpc) is 2.77. The summed E-state index contributed by atoms with van der Waals surface area (Å²) in [6, 6.07) is 5.67. The van der Waals surface area contributed by atoms with Crippen LogP contribution >= 0.6 is 11.3 Å². The van der Waals surface area contributed by atoms with E-state index in [0.717, 1.165) is 0 Å². The van der Waals surface area contributed by atoms with Crippen LogP contribution in [-0.2, 0) is 0 Å². The van der Waals surface area contributed by atoms with Gasteiger partial charge in [-0.05, 0) is 42.0 Å². The Kier molecular flexibility index (Phi) is 4.50. The highest BCUT2D eigenvalue weighted by Crippen LogP contribution is 2.37. The molecular weight excluding hydrogens is 238 g/mol. The topological polar surface area (TPSA) is 12.0 Å². The van der Waals surface area contributed by atoms with Crippen molar-refractivity contribution in [3.8, 4) is 0 Å². The third-order valence-electron chi connectivity index (χ3n) is 4.14. The molecule has 1 N–H and O–H groups in total. The molecule has 1 aliphatic rings. The Balaban J connectivity index is 2.01. The van der Waals surface area contributed by atoms with Crippen LogP contribution in [0.3, 0.4) is 0 Å². The molecule has 2 rings (SSSR count). The van der Waals surface area contributed by atoms with E-state index >= 15 is 0 Å². The molecule has 0 aliphatic heterocycles. The maximum Gasteiger partial charge on any atom is 0.0440 e. The Morgan fingerprint density at radius 3 is 2.72 bits per heavy atom. The van der Waals surface area contributed by atoms with Crippen molar-refractivity contribution in [3.63, 3.8) is 0 Å². The van der Waals surface area contributed by atoms with E-state index in [9.17, 15) is 0 Å². The van der Waals surface area contributed by atoms with Crippen molar-refractivity contribution in [2.45, 2.75) is 65.5 Å². The molecule has 1 saturated carbocycles. The van der Waals surface area contributed by atoms with Crippen LogP contribution in [0.2, 0.25) is 0 Å². The van der Waals surface area contributed by atoms with Gasteiger partial charge in [0.05, 0.1) is 0 Å². The van der Waals surface area contributed by atoms with Gasteiger partial charge in [-0.15, -0.1) is 11.3 Å². The highest BCUT2D eigenvalue weighted by atomic mass is 32.1. The molecule has 1 heterocycles. The van der Waals surface area contributed by atoms with E-state index in [2.05, 4.69) is 50.5 Å². The van der Waals surface area contributed by atoms with Crippen LogP contribution in [0.4, 0.5) is 0 Å². The molecule has 1 nitrogen and oxygen atoms in total. The highest BCUT2D eigenvalue weighted by molar-refractivity contribution is 7.10. The van der Waals surface area contributed by atoms with Crippen LogP contribution < -0.4 is 5.32 Å². The molecule has 1 aliphatic carbocycles. The van der Waals surface area contributed by atoms with Crippen LogP contribution in [0.5, 0.6) is 0 Å². The van der Waals surface area contributed by atoms with Gasteiger partial charge in [0, 0.05) is 17.0 Å². The largest absolute Gasteiger partial charge is 0.306 e. The molecule has 1 fully saturated rings. The fraction of sp³-hybridized carbons (Fsp3) is 0.750. The van der Waals surface area contributed by atoms with Crippen LogP contribution in [-0.4, -0.2) is 6.04 Å². The predicted molar refractivity (Wildman–Crippen MR) is 81.1 cm³/mol. The summed E-state index contributed by atoms with van der Waals surface area (Å²) < 4.78 is 0. The molecular formula is C16H27NS. The first kappa shape index (κ1) is 14.1. The zero-order valence-corrected chi connectivity index (χ0v) is 13.0. The third kappa shape index (κ3) is 3.58. The second-order valence-corrected chi connectivity index (χ2v) is 7.84. The van der Waals surface area contributed by atoms with Crippen LogP contribution in [0.1, 0.15) is 64.3 Å². The van der Waals surface area contributed by atoms with Gasteiger partial charge in [-0.25, -0.2) is 0 Å². The third-order valence-corrected chi connectivity index (χ3v) is 5.09.